The topological polar surface area (TPSA) is 84.1 Å². The molecule has 0 bridgehead atoms. The maximum absolute atomic E-state index is 14.2. The predicted octanol–water partition coefficient (Wildman–Crippen LogP) is 4.99. The summed E-state index contributed by atoms with van der Waals surface area (Å²) in [5.74, 6) is -1.53. The van der Waals surface area contributed by atoms with Crippen LogP contribution in [0.4, 0.5) is 4.39 Å². The largest absolute Gasteiger partial charge is 0.464 e. The molecule has 0 aliphatic rings. The molecule has 9 heteroatoms. The van der Waals surface area contributed by atoms with Gasteiger partial charge in [-0.05, 0) is 37.1 Å². The van der Waals surface area contributed by atoms with Crippen molar-refractivity contribution in [2.45, 2.75) is 26.8 Å². The molecular formula is C21H20Cl2FN3O3. The monoisotopic (exact) mass is 451 g/mol. The number of halogens is 3. The summed E-state index contributed by atoms with van der Waals surface area (Å²) in [5, 5.41) is 3.09. The van der Waals surface area contributed by atoms with Crippen LogP contribution in [0.25, 0.3) is 22.4 Å². The Morgan fingerprint density at radius 1 is 1.23 bits per heavy atom. The number of aromatic nitrogens is 2. The third-order valence-corrected chi connectivity index (χ3v) is 5.11. The highest BCUT2D eigenvalue weighted by molar-refractivity contribution is 6.35. The Bertz CT molecular complexity index is 1090. The summed E-state index contributed by atoms with van der Waals surface area (Å²) >= 11 is 12.4. The van der Waals surface area contributed by atoms with Crippen LogP contribution in [0.2, 0.25) is 10.0 Å². The van der Waals surface area contributed by atoms with Gasteiger partial charge in [0.1, 0.15) is 17.7 Å². The fourth-order valence-corrected chi connectivity index (χ4v) is 3.51. The van der Waals surface area contributed by atoms with Gasteiger partial charge < -0.3 is 15.0 Å². The molecule has 0 aliphatic heterocycles. The summed E-state index contributed by atoms with van der Waals surface area (Å²) < 4.78 is 19.3. The zero-order chi connectivity index (χ0) is 22.0. The number of fused-ring (bicyclic) bond motifs is 1. The van der Waals surface area contributed by atoms with Crippen LogP contribution in [-0.4, -0.2) is 34.5 Å². The predicted molar refractivity (Wildman–Crippen MR) is 114 cm³/mol. The van der Waals surface area contributed by atoms with Crippen LogP contribution in [0, 0.1) is 11.7 Å². The van der Waals surface area contributed by atoms with Gasteiger partial charge in [-0.2, -0.15) is 0 Å². The van der Waals surface area contributed by atoms with Crippen molar-refractivity contribution >= 4 is 46.1 Å². The van der Waals surface area contributed by atoms with Gasteiger partial charge >= 0.3 is 5.97 Å². The first kappa shape index (κ1) is 22.1. The number of hydrogen-bond donors (Lipinski definition) is 2. The molecule has 0 spiro atoms. The number of amides is 1. The summed E-state index contributed by atoms with van der Waals surface area (Å²) in [4.78, 5) is 32.2. The molecule has 1 heterocycles. The Balaban J connectivity index is 1.96. The summed E-state index contributed by atoms with van der Waals surface area (Å²) in [6.07, 6.45) is 0. The number of esters is 1. The average Bonchev–Trinajstić information content (AvgIpc) is 3.09. The molecule has 1 atom stereocenters. The van der Waals surface area contributed by atoms with Crippen LogP contribution in [0.5, 0.6) is 0 Å². The number of hydrogen-bond acceptors (Lipinski definition) is 4. The van der Waals surface area contributed by atoms with E-state index in [2.05, 4.69) is 15.3 Å². The number of nitrogens with zero attached hydrogens (tertiary/aromatic N) is 1. The van der Waals surface area contributed by atoms with E-state index >= 15 is 0 Å². The second-order valence-corrected chi connectivity index (χ2v) is 7.80. The smallest absolute Gasteiger partial charge is 0.328 e. The van der Waals surface area contributed by atoms with E-state index in [1.54, 1.807) is 26.8 Å². The van der Waals surface area contributed by atoms with Crippen molar-refractivity contribution in [3.63, 3.8) is 0 Å². The SMILES string of the molecule is CCOC(=O)C(NC(=O)c1cc(Cl)c2[nH]c(-c3c(F)cccc3Cl)nc2c1)C(C)C. The number of rotatable bonds is 6. The van der Waals surface area contributed by atoms with Crippen LogP contribution < -0.4 is 5.32 Å². The van der Waals surface area contributed by atoms with Crippen molar-refractivity contribution in [1.29, 1.82) is 0 Å². The Morgan fingerprint density at radius 2 is 1.97 bits per heavy atom. The van der Waals surface area contributed by atoms with Crippen molar-refractivity contribution in [3.8, 4) is 11.4 Å². The molecule has 1 amide bonds. The molecule has 0 fully saturated rings. The van der Waals surface area contributed by atoms with Crippen LogP contribution in [0.15, 0.2) is 30.3 Å². The van der Waals surface area contributed by atoms with Gasteiger partial charge in [-0.25, -0.2) is 14.2 Å². The fraction of sp³-hybridized carbons (Fsp3) is 0.286. The van der Waals surface area contributed by atoms with E-state index in [-0.39, 0.29) is 39.5 Å². The Labute approximate surface area is 182 Å². The molecule has 3 rings (SSSR count). The van der Waals surface area contributed by atoms with Crippen LogP contribution in [0.3, 0.4) is 0 Å². The average molecular weight is 452 g/mol. The van der Waals surface area contributed by atoms with Gasteiger partial charge in [-0.15, -0.1) is 0 Å². The Morgan fingerprint density at radius 3 is 2.60 bits per heavy atom. The molecule has 0 saturated carbocycles. The summed E-state index contributed by atoms with van der Waals surface area (Å²) in [6.45, 7) is 5.51. The lowest BCUT2D eigenvalue weighted by Crippen LogP contribution is -2.45. The number of ether oxygens (including phenoxy) is 1. The molecule has 30 heavy (non-hydrogen) atoms. The highest BCUT2D eigenvalue weighted by Gasteiger charge is 2.26. The third kappa shape index (κ3) is 4.42. The first-order valence-electron chi connectivity index (χ1n) is 9.34. The standard InChI is InChI=1S/C21H20Cl2FN3O3/c1-4-30-21(29)17(10(2)3)27-20(28)11-8-13(23)18-15(9-11)25-19(26-18)16-12(22)6-5-7-14(16)24/h5-10,17H,4H2,1-3H3,(H,25,26)(H,27,28). The Hall–Kier alpha value is -2.64. The highest BCUT2D eigenvalue weighted by Crippen LogP contribution is 2.32. The normalized spacial score (nSPS) is 12.2. The molecule has 1 aromatic heterocycles. The van der Waals surface area contributed by atoms with E-state index in [9.17, 15) is 14.0 Å². The molecule has 0 saturated heterocycles. The fourth-order valence-electron chi connectivity index (χ4n) is 3.00. The van der Waals surface area contributed by atoms with Gasteiger partial charge in [0.25, 0.3) is 5.91 Å². The minimum absolute atomic E-state index is 0.111. The first-order chi connectivity index (χ1) is 14.2. The lowest BCUT2D eigenvalue weighted by atomic mass is 10.0. The zero-order valence-electron chi connectivity index (χ0n) is 16.6. The second-order valence-electron chi connectivity index (χ2n) is 6.98. The number of carbonyl (C=O) groups is 2. The minimum Gasteiger partial charge on any atom is -0.464 e. The zero-order valence-corrected chi connectivity index (χ0v) is 18.1. The van der Waals surface area contributed by atoms with E-state index in [0.717, 1.165) is 0 Å². The maximum Gasteiger partial charge on any atom is 0.328 e. The number of imidazole rings is 1. The molecular weight excluding hydrogens is 432 g/mol. The maximum atomic E-state index is 14.2. The van der Waals surface area contributed by atoms with Gasteiger partial charge in [0.2, 0.25) is 0 Å². The summed E-state index contributed by atoms with van der Waals surface area (Å²) in [7, 11) is 0. The van der Waals surface area contributed by atoms with Crippen molar-refractivity contribution in [3.05, 3.63) is 51.8 Å². The quantitative estimate of drug-likeness (QED) is 0.516. The van der Waals surface area contributed by atoms with Gasteiger partial charge in [0.15, 0.2) is 0 Å². The second kappa shape index (κ2) is 9.02. The molecule has 6 nitrogen and oxygen atoms in total. The molecule has 0 radical (unpaired) electrons. The van der Waals surface area contributed by atoms with Gasteiger partial charge in [0, 0.05) is 5.56 Å². The van der Waals surface area contributed by atoms with Gasteiger partial charge in [-0.1, -0.05) is 43.1 Å². The number of benzene rings is 2. The number of H-pyrrole nitrogens is 1. The van der Waals surface area contributed by atoms with Crippen LogP contribution in [-0.2, 0) is 9.53 Å². The van der Waals surface area contributed by atoms with E-state index in [0.29, 0.717) is 11.0 Å². The molecule has 2 aromatic carbocycles. The number of aromatic amines is 1. The lowest BCUT2D eigenvalue weighted by Gasteiger charge is -2.20. The summed E-state index contributed by atoms with van der Waals surface area (Å²) in [5.41, 5.74) is 1.12. The number of nitrogens with one attached hydrogen (secondary N) is 2. The Kier molecular flexibility index (Phi) is 6.63. The van der Waals surface area contributed by atoms with Crippen molar-refractivity contribution < 1.29 is 18.7 Å². The van der Waals surface area contributed by atoms with Gasteiger partial charge in [0.05, 0.1) is 33.2 Å². The lowest BCUT2D eigenvalue weighted by molar-refractivity contribution is -0.146. The molecule has 158 valence electrons. The van der Waals surface area contributed by atoms with Crippen molar-refractivity contribution in [2.24, 2.45) is 5.92 Å². The highest BCUT2D eigenvalue weighted by atomic mass is 35.5. The van der Waals surface area contributed by atoms with E-state index in [4.69, 9.17) is 27.9 Å². The molecule has 2 N–H and O–H groups in total. The van der Waals surface area contributed by atoms with Crippen LogP contribution >= 0.6 is 23.2 Å². The first-order valence-corrected chi connectivity index (χ1v) is 10.1. The molecule has 3 aromatic rings. The van der Waals surface area contributed by atoms with E-state index in [1.165, 1.54) is 24.3 Å². The van der Waals surface area contributed by atoms with Crippen LogP contribution in [0.1, 0.15) is 31.1 Å². The molecule has 0 aliphatic carbocycles. The van der Waals surface area contributed by atoms with Crippen molar-refractivity contribution in [2.75, 3.05) is 6.61 Å². The van der Waals surface area contributed by atoms with Crippen molar-refractivity contribution in [1.82, 2.24) is 15.3 Å². The van der Waals surface area contributed by atoms with E-state index in [1.807, 2.05) is 0 Å². The molecule has 1 unspecified atom stereocenters. The van der Waals surface area contributed by atoms with E-state index < -0.39 is 23.7 Å². The third-order valence-electron chi connectivity index (χ3n) is 4.50. The number of carbonyl (C=O) groups excluding carboxylic acids is 2. The minimum atomic E-state index is -0.807. The summed E-state index contributed by atoms with van der Waals surface area (Å²) in [6, 6.07) is 6.47. The van der Waals surface area contributed by atoms with Gasteiger partial charge in [-0.3, -0.25) is 4.79 Å².